The fourth-order valence-corrected chi connectivity index (χ4v) is 3.13. The van der Waals surface area contributed by atoms with Crippen LogP contribution in [0.4, 0.5) is 5.69 Å². The van der Waals surface area contributed by atoms with Crippen LogP contribution in [0.5, 0.6) is 0 Å². The number of hydrogen-bond acceptors (Lipinski definition) is 3. The summed E-state index contributed by atoms with van der Waals surface area (Å²) < 4.78 is 0. The Balaban J connectivity index is 1.56. The monoisotopic (exact) mass is 330 g/mol. The van der Waals surface area contributed by atoms with E-state index in [0.29, 0.717) is 43.1 Å². The van der Waals surface area contributed by atoms with Crippen molar-refractivity contribution in [2.24, 2.45) is 17.8 Å². The number of carboxylic acid groups (broad SMARTS) is 1. The van der Waals surface area contributed by atoms with E-state index in [1.54, 1.807) is 29.2 Å². The van der Waals surface area contributed by atoms with Crippen LogP contribution in [-0.2, 0) is 9.59 Å². The molecule has 0 radical (unpaired) electrons. The summed E-state index contributed by atoms with van der Waals surface area (Å²) >= 11 is 0. The predicted octanol–water partition coefficient (Wildman–Crippen LogP) is 2.22. The fourth-order valence-electron chi connectivity index (χ4n) is 3.13. The van der Waals surface area contributed by atoms with Gasteiger partial charge in [0.2, 0.25) is 5.91 Å². The Hall–Kier alpha value is -2.37. The lowest BCUT2D eigenvalue weighted by atomic mass is 9.96. The van der Waals surface area contributed by atoms with Crippen LogP contribution in [0.15, 0.2) is 24.3 Å². The van der Waals surface area contributed by atoms with Crippen molar-refractivity contribution in [3.63, 3.8) is 0 Å². The van der Waals surface area contributed by atoms with Gasteiger partial charge in [-0.1, -0.05) is 6.92 Å². The average molecular weight is 330 g/mol. The number of amides is 2. The van der Waals surface area contributed by atoms with E-state index < -0.39 is 5.97 Å². The molecule has 128 valence electrons. The number of aliphatic carboxylic acids is 1. The minimum atomic E-state index is -0.785. The summed E-state index contributed by atoms with van der Waals surface area (Å²) in [7, 11) is 0. The van der Waals surface area contributed by atoms with Crippen LogP contribution < -0.4 is 5.32 Å². The minimum absolute atomic E-state index is 0.0392. The van der Waals surface area contributed by atoms with Gasteiger partial charge < -0.3 is 15.3 Å². The standard InChI is InChI=1S/C18H22N2O4/c1-11-10-15(11)16(21)19-14-4-2-12(3-5-14)17(22)20-8-6-13(7-9-20)18(23)24/h2-5,11,13,15H,6-10H2,1H3,(H,19,21)(H,23,24)/t11-,15+/m1/s1. The molecule has 3 rings (SSSR count). The predicted molar refractivity (Wildman–Crippen MR) is 88.6 cm³/mol. The van der Waals surface area contributed by atoms with Gasteiger partial charge in [-0.3, -0.25) is 14.4 Å². The van der Waals surface area contributed by atoms with Crippen LogP contribution in [-0.4, -0.2) is 40.9 Å². The summed E-state index contributed by atoms with van der Waals surface area (Å²) in [6.45, 7) is 2.99. The van der Waals surface area contributed by atoms with Crippen LogP contribution in [0.3, 0.4) is 0 Å². The summed E-state index contributed by atoms with van der Waals surface area (Å²) in [5.74, 6) is -0.616. The van der Waals surface area contributed by atoms with Crippen LogP contribution in [0.25, 0.3) is 0 Å². The molecule has 24 heavy (non-hydrogen) atoms. The van der Waals surface area contributed by atoms with Crippen LogP contribution in [0.1, 0.15) is 36.5 Å². The molecular formula is C18H22N2O4. The van der Waals surface area contributed by atoms with E-state index >= 15 is 0 Å². The van der Waals surface area contributed by atoms with Gasteiger partial charge in [0, 0.05) is 30.3 Å². The topological polar surface area (TPSA) is 86.7 Å². The highest BCUT2D eigenvalue weighted by Crippen LogP contribution is 2.38. The number of hydrogen-bond donors (Lipinski definition) is 2. The van der Waals surface area contributed by atoms with Gasteiger partial charge in [-0.2, -0.15) is 0 Å². The molecule has 1 saturated carbocycles. The molecule has 2 fully saturated rings. The van der Waals surface area contributed by atoms with Crippen molar-refractivity contribution in [1.82, 2.24) is 4.90 Å². The second-order valence-corrected chi connectivity index (χ2v) is 6.79. The number of carbonyl (C=O) groups excluding carboxylic acids is 2. The summed E-state index contributed by atoms with van der Waals surface area (Å²) in [4.78, 5) is 37.0. The smallest absolute Gasteiger partial charge is 0.306 e. The zero-order valence-electron chi connectivity index (χ0n) is 13.7. The first kappa shape index (κ1) is 16.5. The molecule has 1 aliphatic heterocycles. The summed E-state index contributed by atoms with van der Waals surface area (Å²) in [5.41, 5.74) is 1.25. The largest absolute Gasteiger partial charge is 0.481 e. The van der Waals surface area contributed by atoms with Crippen LogP contribution >= 0.6 is 0 Å². The maximum atomic E-state index is 12.5. The van der Waals surface area contributed by atoms with Gasteiger partial charge in [0.1, 0.15) is 0 Å². The molecule has 0 unspecified atom stereocenters. The highest BCUT2D eigenvalue weighted by atomic mass is 16.4. The van der Waals surface area contributed by atoms with Gasteiger partial charge in [0.05, 0.1) is 5.92 Å². The van der Waals surface area contributed by atoms with Crippen molar-refractivity contribution < 1.29 is 19.5 Å². The van der Waals surface area contributed by atoms with Crippen molar-refractivity contribution >= 4 is 23.5 Å². The second kappa shape index (κ2) is 6.63. The highest BCUT2D eigenvalue weighted by Gasteiger charge is 2.39. The Morgan fingerprint density at radius 1 is 1.12 bits per heavy atom. The normalized spacial score (nSPS) is 23.6. The molecule has 1 heterocycles. The van der Waals surface area contributed by atoms with Gasteiger partial charge in [-0.15, -0.1) is 0 Å². The van der Waals surface area contributed by atoms with E-state index in [1.165, 1.54) is 0 Å². The molecule has 6 heteroatoms. The lowest BCUT2D eigenvalue weighted by molar-refractivity contribution is -0.143. The number of carboxylic acids is 1. The van der Waals surface area contributed by atoms with Crippen molar-refractivity contribution in [3.8, 4) is 0 Å². The zero-order chi connectivity index (χ0) is 17.3. The number of piperidine rings is 1. The van der Waals surface area contributed by atoms with Crippen LogP contribution in [0, 0.1) is 17.8 Å². The maximum Gasteiger partial charge on any atom is 0.306 e. The van der Waals surface area contributed by atoms with Gasteiger partial charge in [-0.25, -0.2) is 0 Å². The molecule has 1 saturated heterocycles. The van der Waals surface area contributed by atoms with E-state index in [-0.39, 0.29) is 23.7 Å². The first-order valence-corrected chi connectivity index (χ1v) is 8.38. The highest BCUT2D eigenvalue weighted by molar-refractivity contribution is 5.97. The molecule has 1 aliphatic carbocycles. The van der Waals surface area contributed by atoms with E-state index in [9.17, 15) is 14.4 Å². The van der Waals surface area contributed by atoms with Crippen LogP contribution in [0.2, 0.25) is 0 Å². The van der Waals surface area contributed by atoms with E-state index in [0.717, 1.165) is 6.42 Å². The summed E-state index contributed by atoms with van der Waals surface area (Å²) in [6.07, 6.45) is 1.93. The first-order valence-electron chi connectivity index (χ1n) is 8.38. The van der Waals surface area contributed by atoms with Crippen molar-refractivity contribution in [3.05, 3.63) is 29.8 Å². The van der Waals surface area contributed by atoms with Crippen molar-refractivity contribution in [2.45, 2.75) is 26.2 Å². The Morgan fingerprint density at radius 2 is 1.71 bits per heavy atom. The third kappa shape index (κ3) is 3.58. The Kier molecular flexibility index (Phi) is 4.55. The van der Waals surface area contributed by atoms with Gasteiger partial charge in [-0.05, 0) is 49.4 Å². The molecular weight excluding hydrogens is 308 g/mol. The lowest BCUT2D eigenvalue weighted by Crippen LogP contribution is -2.40. The first-order chi connectivity index (χ1) is 11.5. The van der Waals surface area contributed by atoms with Gasteiger partial charge in [0.15, 0.2) is 0 Å². The minimum Gasteiger partial charge on any atom is -0.481 e. The molecule has 2 N–H and O–H groups in total. The molecule has 0 bridgehead atoms. The number of carbonyl (C=O) groups is 3. The number of rotatable bonds is 4. The van der Waals surface area contributed by atoms with Crippen molar-refractivity contribution in [1.29, 1.82) is 0 Å². The Bertz CT molecular complexity index is 647. The Labute approximate surface area is 140 Å². The molecule has 0 spiro atoms. The van der Waals surface area contributed by atoms with E-state index in [4.69, 9.17) is 5.11 Å². The molecule has 6 nitrogen and oxygen atoms in total. The molecule has 0 aromatic heterocycles. The quantitative estimate of drug-likeness (QED) is 0.886. The van der Waals surface area contributed by atoms with Crippen molar-refractivity contribution in [2.75, 3.05) is 18.4 Å². The van der Waals surface area contributed by atoms with Gasteiger partial charge in [0.25, 0.3) is 5.91 Å². The Morgan fingerprint density at radius 3 is 2.21 bits per heavy atom. The van der Waals surface area contributed by atoms with E-state index in [1.807, 2.05) is 0 Å². The zero-order valence-corrected chi connectivity index (χ0v) is 13.7. The maximum absolute atomic E-state index is 12.5. The molecule has 1 aromatic carbocycles. The third-order valence-electron chi connectivity index (χ3n) is 4.98. The number of anilines is 1. The summed E-state index contributed by atoms with van der Waals surface area (Å²) in [5, 5.41) is 11.9. The SMILES string of the molecule is C[C@@H]1C[C@@H]1C(=O)Nc1ccc(C(=O)N2CCC(C(=O)O)CC2)cc1. The van der Waals surface area contributed by atoms with Gasteiger partial charge >= 0.3 is 5.97 Å². The number of nitrogens with one attached hydrogen (secondary N) is 1. The third-order valence-corrected chi connectivity index (χ3v) is 4.98. The molecule has 2 atom stereocenters. The number of nitrogens with zero attached hydrogens (tertiary/aromatic N) is 1. The molecule has 1 aromatic rings. The average Bonchev–Trinajstić information content (AvgIpc) is 3.32. The molecule has 2 amide bonds. The number of likely N-dealkylation sites (tertiary alicyclic amines) is 1. The number of benzene rings is 1. The fraction of sp³-hybridized carbons (Fsp3) is 0.500. The molecule has 2 aliphatic rings. The summed E-state index contributed by atoms with van der Waals surface area (Å²) in [6, 6.07) is 6.89. The van der Waals surface area contributed by atoms with E-state index in [2.05, 4.69) is 12.2 Å². The lowest BCUT2D eigenvalue weighted by Gasteiger charge is -2.30. The second-order valence-electron chi connectivity index (χ2n) is 6.79.